The van der Waals surface area contributed by atoms with Crippen molar-refractivity contribution in [2.24, 2.45) is 4.99 Å². The molecule has 1 heterocycles. The number of aliphatic imine (C=N–C) groups is 1. The lowest BCUT2D eigenvalue weighted by atomic mass is 10.2. The fourth-order valence-corrected chi connectivity index (χ4v) is 3.89. The van der Waals surface area contributed by atoms with E-state index in [0.717, 1.165) is 16.9 Å². The van der Waals surface area contributed by atoms with Gasteiger partial charge in [0.05, 0.1) is 5.69 Å². The monoisotopic (exact) mass is 379 g/mol. The molecule has 0 spiro atoms. The average Bonchev–Trinajstić information content (AvgIpc) is 2.93. The molecular weight excluding hydrogens is 358 g/mol. The minimum atomic E-state index is -0.489. The smallest absolute Gasteiger partial charge is 0.242 e. The van der Waals surface area contributed by atoms with Gasteiger partial charge in [0, 0.05) is 18.7 Å². The number of benzene rings is 2. The van der Waals surface area contributed by atoms with Gasteiger partial charge in [-0.15, -0.1) is 6.58 Å². The van der Waals surface area contributed by atoms with Crippen LogP contribution in [-0.4, -0.2) is 33.7 Å². The van der Waals surface area contributed by atoms with Gasteiger partial charge in [-0.1, -0.05) is 54.2 Å². The number of carbonyl (C=O) groups excluding carboxylic acids is 2. The van der Waals surface area contributed by atoms with E-state index < -0.39 is 5.25 Å². The van der Waals surface area contributed by atoms with E-state index in [2.05, 4.69) is 16.9 Å². The first-order valence-electron chi connectivity index (χ1n) is 8.66. The van der Waals surface area contributed by atoms with Gasteiger partial charge in [0.1, 0.15) is 5.25 Å². The maximum absolute atomic E-state index is 12.7. The van der Waals surface area contributed by atoms with E-state index >= 15 is 0 Å². The van der Waals surface area contributed by atoms with Crippen LogP contribution in [0.1, 0.15) is 12.0 Å². The number of hydrogen-bond donors (Lipinski definition) is 1. The summed E-state index contributed by atoms with van der Waals surface area (Å²) in [5, 5.41) is 2.99. The molecule has 1 aliphatic rings. The molecule has 3 rings (SSSR count). The lowest BCUT2D eigenvalue weighted by Gasteiger charge is -2.14. The Morgan fingerprint density at radius 2 is 1.93 bits per heavy atom. The predicted molar refractivity (Wildman–Crippen MR) is 111 cm³/mol. The fraction of sp³-hybridized carbons (Fsp3) is 0.190. The summed E-state index contributed by atoms with van der Waals surface area (Å²) in [4.78, 5) is 31.3. The summed E-state index contributed by atoms with van der Waals surface area (Å²) in [6, 6.07) is 17.0. The zero-order valence-corrected chi connectivity index (χ0v) is 15.9. The number of para-hydroxylation sites is 2. The molecule has 0 bridgehead atoms. The van der Waals surface area contributed by atoms with Crippen LogP contribution in [0.2, 0.25) is 0 Å². The van der Waals surface area contributed by atoms with Crippen LogP contribution in [0, 0.1) is 6.92 Å². The molecule has 5 nitrogen and oxygen atoms in total. The van der Waals surface area contributed by atoms with Crippen LogP contribution in [-0.2, 0) is 9.59 Å². The minimum Gasteiger partial charge on any atom is -0.326 e. The lowest BCUT2D eigenvalue weighted by molar-refractivity contribution is -0.127. The molecule has 2 amide bonds. The molecule has 1 unspecified atom stereocenters. The Kier molecular flexibility index (Phi) is 6.08. The zero-order valence-electron chi connectivity index (χ0n) is 15.1. The number of hydrogen-bond acceptors (Lipinski definition) is 4. The summed E-state index contributed by atoms with van der Waals surface area (Å²) in [7, 11) is 0. The molecule has 27 heavy (non-hydrogen) atoms. The molecule has 1 aliphatic heterocycles. The fourth-order valence-electron chi connectivity index (χ4n) is 2.72. The number of amides is 2. The number of nitrogens with one attached hydrogen (secondary N) is 1. The number of anilines is 1. The van der Waals surface area contributed by atoms with E-state index in [1.807, 2.05) is 61.5 Å². The number of carbonyl (C=O) groups is 2. The molecule has 1 fully saturated rings. The van der Waals surface area contributed by atoms with Gasteiger partial charge in [-0.25, -0.2) is 4.99 Å². The molecule has 6 heteroatoms. The summed E-state index contributed by atoms with van der Waals surface area (Å²) in [5.74, 6) is -0.302. The standard InChI is InChI=1S/C21H21N3O2S/c1-3-13-24-20(26)18(27-21(24)22-16-10-5-4-6-11-16)14-19(25)23-17-12-8-7-9-15(17)2/h3-12,18H,1,13-14H2,2H3,(H,23,25). The molecular formula is C21H21N3O2S. The van der Waals surface area contributed by atoms with Gasteiger partial charge in [-0.2, -0.15) is 0 Å². The average molecular weight is 379 g/mol. The normalized spacial score (nSPS) is 18.0. The van der Waals surface area contributed by atoms with Gasteiger partial charge in [-0.3, -0.25) is 14.5 Å². The highest BCUT2D eigenvalue weighted by Crippen LogP contribution is 2.31. The Balaban J connectivity index is 1.73. The molecule has 138 valence electrons. The summed E-state index contributed by atoms with van der Waals surface area (Å²) < 4.78 is 0. The second-order valence-electron chi connectivity index (χ2n) is 6.14. The van der Waals surface area contributed by atoms with Gasteiger partial charge in [0.2, 0.25) is 11.8 Å². The summed E-state index contributed by atoms with van der Waals surface area (Å²) in [6.07, 6.45) is 1.76. The summed E-state index contributed by atoms with van der Waals surface area (Å²) in [5.41, 5.74) is 2.52. The Bertz CT molecular complexity index is 880. The Labute approximate surface area is 163 Å². The van der Waals surface area contributed by atoms with Crippen LogP contribution < -0.4 is 5.32 Å². The first kappa shape index (κ1) is 18.9. The highest BCUT2D eigenvalue weighted by atomic mass is 32.2. The first-order chi connectivity index (χ1) is 13.1. The van der Waals surface area contributed by atoms with E-state index in [-0.39, 0.29) is 18.2 Å². The van der Waals surface area contributed by atoms with Crippen molar-refractivity contribution in [3.05, 3.63) is 72.8 Å². The maximum Gasteiger partial charge on any atom is 0.242 e. The molecule has 0 aliphatic carbocycles. The number of amidine groups is 1. The van der Waals surface area contributed by atoms with Crippen molar-refractivity contribution in [1.29, 1.82) is 0 Å². The largest absolute Gasteiger partial charge is 0.326 e. The minimum absolute atomic E-state index is 0.0965. The molecule has 0 saturated carbocycles. The van der Waals surface area contributed by atoms with E-state index in [1.165, 1.54) is 11.8 Å². The van der Waals surface area contributed by atoms with Gasteiger partial charge in [0.15, 0.2) is 5.17 Å². The number of nitrogens with zero attached hydrogens (tertiary/aromatic N) is 2. The molecule has 0 aromatic heterocycles. The zero-order chi connectivity index (χ0) is 19.2. The molecule has 1 atom stereocenters. The van der Waals surface area contributed by atoms with Crippen LogP contribution in [0.25, 0.3) is 0 Å². The van der Waals surface area contributed by atoms with E-state index in [0.29, 0.717) is 11.7 Å². The van der Waals surface area contributed by atoms with Gasteiger partial charge in [-0.05, 0) is 30.7 Å². The van der Waals surface area contributed by atoms with Crippen molar-refractivity contribution in [2.45, 2.75) is 18.6 Å². The van der Waals surface area contributed by atoms with Crippen LogP contribution in [0.3, 0.4) is 0 Å². The van der Waals surface area contributed by atoms with E-state index in [1.54, 1.807) is 11.0 Å². The topological polar surface area (TPSA) is 61.8 Å². The third kappa shape index (κ3) is 4.65. The maximum atomic E-state index is 12.7. The van der Waals surface area contributed by atoms with Gasteiger partial charge in [0.25, 0.3) is 0 Å². The van der Waals surface area contributed by atoms with Gasteiger partial charge >= 0.3 is 0 Å². The third-order valence-corrected chi connectivity index (χ3v) is 5.28. The van der Waals surface area contributed by atoms with Crippen LogP contribution in [0.15, 0.2) is 72.2 Å². The quantitative estimate of drug-likeness (QED) is 0.767. The second kappa shape index (κ2) is 8.68. The van der Waals surface area contributed by atoms with Crippen LogP contribution in [0.4, 0.5) is 11.4 Å². The Hall–Kier alpha value is -2.86. The summed E-state index contributed by atoms with van der Waals surface area (Å²) in [6.45, 7) is 6.01. The number of aryl methyl sites for hydroxylation is 1. The summed E-state index contributed by atoms with van der Waals surface area (Å²) >= 11 is 1.32. The van der Waals surface area contributed by atoms with Crippen molar-refractivity contribution < 1.29 is 9.59 Å². The molecule has 1 saturated heterocycles. The van der Waals surface area contributed by atoms with Crippen molar-refractivity contribution >= 4 is 40.1 Å². The van der Waals surface area contributed by atoms with Gasteiger partial charge < -0.3 is 5.32 Å². The Morgan fingerprint density at radius 3 is 2.63 bits per heavy atom. The number of rotatable bonds is 6. The lowest BCUT2D eigenvalue weighted by Crippen LogP contribution is -2.33. The SMILES string of the molecule is C=CCN1C(=O)C(CC(=O)Nc2ccccc2C)SC1=Nc1ccccc1. The highest BCUT2D eigenvalue weighted by Gasteiger charge is 2.38. The van der Waals surface area contributed by atoms with Crippen LogP contribution >= 0.6 is 11.8 Å². The molecule has 1 N–H and O–H groups in total. The molecule has 2 aromatic rings. The molecule has 0 radical (unpaired) electrons. The van der Waals surface area contributed by atoms with Crippen molar-refractivity contribution in [3.63, 3.8) is 0 Å². The van der Waals surface area contributed by atoms with E-state index in [9.17, 15) is 9.59 Å². The predicted octanol–water partition coefficient (Wildman–Crippen LogP) is 4.14. The highest BCUT2D eigenvalue weighted by molar-refractivity contribution is 8.15. The number of thioether (sulfide) groups is 1. The van der Waals surface area contributed by atoms with E-state index in [4.69, 9.17) is 0 Å². The molecule has 2 aromatic carbocycles. The Morgan fingerprint density at radius 1 is 1.22 bits per heavy atom. The third-order valence-electron chi connectivity index (χ3n) is 4.10. The first-order valence-corrected chi connectivity index (χ1v) is 9.54. The second-order valence-corrected chi connectivity index (χ2v) is 7.31. The van der Waals surface area contributed by atoms with Crippen molar-refractivity contribution in [2.75, 3.05) is 11.9 Å². The van der Waals surface area contributed by atoms with Crippen molar-refractivity contribution in [3.8, 4) is 0 Å². The van der Waals surface area contributed by atoms with Crippen LogP contribution in [0.5, 0.6) is 0 Å². The van der Waals surface area contributed by atoms with Crippen molar-refractivity contribution in [1.82, 2.24) is 4.90 Å².